The summed E-state index contributed by atoms with van der Waals surface area (Å²) in [6, 6.07) is -2.87. The van der Waals surface area contributed by atoms with Crippen molar-refractivity contribution in [2.24, 2.45) is 11.5 Å². The van der Waals surface area contributed by atoms with E-state index in [4.69, 9.17) is 16.0 Å². The molecule has 1 unspecified atom stereocenters. The Morgan fingerprint density at radius 3 is 2.44 bits per heavy atom. The highest BCUT2D eigenvalue weighted by Gasteiger charge is 2.37. The molecule has 3 amide bonds. The lowest BCUT2D eigenvalue weighted by Crippen LogP contribution is -2.51. The van der Waals surface area contributed by atoms with E-state index in [0.717, 1.165) is 25.7 Å². The molecule has 1 aliphatic rings. The molecule has 0 bridgehead atoms. The van der Waals surface area contributed by atoms with Crippen LogP contribution in [-0.2, 0) is 15.1 Å². The van der Waals surface area contributed by atoms with Crippen molar-refractivity contribution in [2.75, 3.05) is 0 Å². The van der Waals surface area contributed by atoms with Crippen LogP contribution in [0.3, 0.4) is 0 Å². The third kappa shape index (κ3) is 5.23. The number of aliphatic hydroxyl groups is 1. The van der Waals surface area contributed by atoms with Crippen molar-refractivity contribution in [3.8, 4) is 0 Å². The van der Waals surface area contributed by atoms with Gasteiger partial charge in [-0.2, -0.15) is 4.98 Å². The number of aliphatic hydroxyl groups excluding tert-OH is 1. The Balaban J connectivity index is 2.13. The molecule has 150 valence electrons. The average molecular weight is 382 g/mol. The number of carbonyl (C=O) groups excluding carboxylic acids is 3. The normalized spacial score (nSPS) is 19.1. The van der Waals surface area contributed by atoms with Gasteiger partial charge < -0.3 is 31.7 Å². The first-order valence-corrected chi connectivity index (χ1v) is 8.79. The average Bonchev–Trinajstić information content (AvgIpc) is 3.21. The van der Waals surface area contributed by atoms with Crippen molar-refractivity contribution in [1.29, 1.82) is 0 Å². The Hall–Kier alpha value is -2.53. The van der Waals surface area contributed by atoms with E-state index in [-0.39, 0.29) is 12.3 Å². The number of nitrogens with one attached hydrogen (secondary N) is 2. The first-order valence-electron chi connectivity index (χ1n) is 8.79. The molecule has 2 rings (SSSR count). The number of nitrogens with zero attached hydrogens (tertiary/aromatic N) is 2. The zero-order valence-electron chi connectivity index (χ0n) is 15.4. The largest absolute Gasteiger partial charge is 0.391 e. The third-order valence-electron chi connectivity index (χ3n) is 4.60. The lowest BCUT2D eigenvalue weighted by Gasteiger charge is -2.21. The van der Waals surface area contributed by atoms with Crippen LogP contribution in [0.15, 0.2) is 4.52 Å². The molecule has 0 spiro atoms. The van der Waals surface area contributed by atoms with Gasteiger partial charge in [0, 0.05) is 0 Å². The second kappa shape index (κ2) is 8.44. The number of aromatic nitrogens is 2. The smallest absolute Gasteiger partial charge is 0.316 e. The van der Waals surface area contributed by atoms with Crippen molar-refractivity contribution in [3.05, 3.63) is 11.7 Å². The van der Waals surface area contributed by atoms with Crippen LogP contribution >= 0.6 is 0 Å². The second-order valence-corrected chi connectivity index (χ2v) is 6.99. The molecule has 27 heavy (non-hydrogen) atoms. The minimum atomic E-state index is -1.09. The third-order valence-corrected chi connectivity index (χ3v) is 4.60. The predicted octanol–water partition coefficient (Wildman–Crippen LogP) is -0.648. The number of hydrogen-bond acceptors (Lipinski definition) is 8. The van der Waals surface area contributed by atoms with Crippen LogP contribution < -0.4 is 22.1 Å². The summed E-state index contributed by atoms with van der Waals surface area (Å²) in [7, 11) is 0. The lowest BCUT2D eigenvalue weighted by molar-refractivity contribution is -0.121. The number of amides is 3. The van der Waals surface area contributed by atoms with Crippen molar-refractivity contribution in [2.45, 2.75) is 69.7 Å². The van der Waals surface area contributed by atoms with E-state index in [9.17, 15) is 19.5 Å². The van der Waals surface area contributed by atoms with E-state index in [0.29, 0.717) is 5.82 Å². The zero-order valence-corrected chi connectivity index (χ0v) is 15.4. The summed E-state index contributed by atoms with van der Waals surface area (Å²) in [5.41, 5.74) is 10.8. The minimum Gasteiger partial charge on any atom is -0.391 e. The van der Waals surface area contributed by atoms with Gasteiger partial charge in [0.15, 0.2) is 11.6 Å². The summed E-state index contributed by atoms with van der Waals surface area (Å²) in [6.07, 6.45) is 1.97. The van der Waals surface area contributed by atoms with Crippen LogP contribution in [0, 0.1) is 0 Å². The summed E-state index contributed by atoms with van der Waals surface area (Å²) >= 11 is 0. The number of rotatable bonds is 8. The van der Waals surface area contributed by atoms with Crippen LogP contribution in [0.4, 0.5) is 4.79 Å². The highest BCUT2D eigenvalue weighted by Crippen LogP contribution is 2.35. The number of hydrogen-bond donors (Lipinski definition) is 5. The van der Waals surface area contributed by atoms with Crippen molar-refractivity contribution in [3.63, 3.8) is 0 Å². The van der Waals surface area contributed by atoms with Gasteiger partial charge in [-0.15, -0.1) is 0 Å². The first-order chi connectivity index (χ1) is 12.6. The molecule has 1 fully saturated rings. The highest BCUT2D eigenvalue weighted by atomic mass is 16.5. The van der Waals surface area contributed by atoms with Gasteiger partial charge >= 0.3 is 6.03 Å². The molecule has 0 saturated heterocycles. The molecule has 1 aromatic rings. The fourth-order valence-electron chi connectivity index (χ4n) is 3.11. The minimum absolute atomic E-state index is 0.00732. The molecule has 1 heterocycles. The molecule has 1 aromatic heterocycles. The Morgan fingerprint density at radius 2 is 1.93 bits per heavy atom. The maximum Gasteiger partial charge on any atom is 0.316 e. The molecular weight excluding hydrogens is 356 g/mol. The SMILES string of the molecule is CC(=O)[C@@H](NC(=O)N[C@@H](CC(N)=O)c1nc(C2(N)CCCC2)no1)C(C)O. The number of primary amides is 1. The second-order valence-electron chi connectivity index (χ2n) is 6.99. The van der Waals surface area contributed by atoms with E-state index >= 15 is 0 Å². The fourth-order valence-corrected chi connectivity index (χ4v) is 3.11. The highest BCUT2D eigenvalue weighted by molar-refractivity contribution is 5.87. The van der Waals surface area contributed by atoms with Crippen LogP contribution in [0.25, 0.3) is 0 Å². The number of carbonyl (C=O) groups is 3. The molecule has 0 aliphatic heterocycles. The summed E-state index contributed by atoms with van der Waals surface area (Å²) in [6.45, 7) is 2.62. The molecule has 7 N–H and O–H groups in total. The number of urea groups is 1. The Labute approximate surface area is 156 Å². The maximum atomic E-state index is 12.2. The van der Waals surface area contributed by atoms with Crippen LogP contribution in [0.1, 0.15) is 63.7 Å². The maximum absolute atomic E-state index is 12.2. The van der Waals surface area contributed by atoms with Gasteiger partial charge in [-0.3, -0.25) is 9.59 Å². The summed E-state index contributed by atoms with van der Waals surface area (Å²) in [4.78, 5) is 39.3. The van der Waals surface area contributed by atoms with Crippen molar-refractivity contribution < 1.29 is 24.0 Å². The quantitative estimate of drug-likeness (QED) is 0.392. The van der Waals surface area contributed by atoms with Crippen molar-refractivity contribution in [1.82, 2.24) is 20.8 Å². The number of Topliss-reactive ketones (excluding diaryl/α,β-unsaturated/α-hetero) is 1. The van der Waals surface area contributed by atoms with Gasteiger partial charge in [-0.1, -0.05) is 18.0 Å². The standard InChI is InChI=1S/C16H26N6O5/c1-8(23)12(9(2)24)20-15(26)19-10(7-11(17)25)13-21-14(22-27-13)16(18)5-3-4-6-16/h8,10,12,23H,3-7,18H2,1-2H3,(H2,17,25)(H2,19,20,26)/t8?,10-,12-/m0/s1. The van der Waals surface area contributed by atoms with Crippen molar-refractivity contribution >= 4 is 17.7 Å². The molecule has 3 atom stereocenters. The molecule has 1 aliphatic carbocycles. The molecule has 0 aromatic carbocycles. The Bertz CT molecular complexity index is 697. The molecule has 11 heteroatoms. The van der Waals surface area contributed by atoms with Gasteiger partial charge in [0.2, 0.25) is 11.8 Å². The van der Waals surface area contributed by atoms with Crippen LogP contribution in [0.2, 0.25) is 0 Å². The molecule has 1 saturated carbocycles. The molecule has 0 radical (unpaired) electrons. The van der Waals surface area contributed by atoms with Crippen LogP contribution in [-0.4, -0.2) is 45.1 Å². The fraction of sp³-hybridized carbons (Fsp3) is 0.688. The number of nitrogens with two attached hydrogens (primary N) is 2. The summed E-state index contributed by atoms with van der Waals surface area (Å²) in [5, 5.41) is 18.3. The van der Waals surface area contributed by atoms with Gasteiger partial charge in [0.25, 0.3) is 0 Å². The van der Waals surface area contributed by atoms with E-state index in [1.807, 2.05) is 0 Å². The van der Waals surface area contributed by atoms with Gasteiger partial charge in [0.1, 0.15) is 12.1 Å². The Kier molecular flexibility index (Phi) is 6.50. The first kappa shape index (κ1) is 20.8. The van der Waals surface area contributed by atoms with Gasteiger partial charge in [-0.05, 0) is 26.7 Å². The van der Waals surface area contributed by atoms with E-state index < -0.39 is 41.4 Å². The van der Waals surface area contributed by atoms with E-state index in [1.54, 1.807) is 0 Å². The van der Waals surface area contributed by atoms with E-state index in [2.05, 4.69) is 20.8 Å². The monoisotopic (exact) mass is 382 g/mol. The lowest BCUT2D eigenvalue weighted by atomic mass is 9.98. The number of ketones is 1. The topological polar surface area (TPSA) is 186 Å². The predicted molar refractivity (Wildman–Crippen MR) is 93.0 cm³/mol. The van der Waals surface area contributed by atoms with E-state index in [1.165, 1.54) is 13.8 Å². The molecular formula is C16H26N6O5. The zero-order chi connectivity index (χ0) is 20.2. The Morgan fingerprint density at radius 1 is 1.30 bits per heavy atom. The van der Waals surface area contributed by atoms with Gasteiger partial charge in [0.05, 0.1) is 18.1 Å². The van der Waals surface area contributed by atoms with Crippen LogP contribution in [0.5, 0.6) is 0 Å². The summed E-state index contributed by atoms with van der Waals surface area (Å²) < 4.78 is 5.20. The van der Waals surface area contributed by atoms with Gasteiger partial charge in [-0.25, -0.2) is 4.79 Å². The molecule has 11 nitrogen and oxygen atoms in total. The summed E-state index contributed by atoms with van der Waals surface area (Å²) in [5.74, 6) is -0.802.